The molecule has 70 valence electrons. The molecule has 0 radical (unpaired) electrons. The minimum absolute atomic E-state index is 0.497. The maximum absolute atomic E-state index is 13.0. The monoisotopic (exact) mass is 171 g/mol. The molecule has 0 aromatic carbocycles. The van der Waals surface area contributed by atoms with Crippen molar-refractivity contribution in [3.63, 3.8) is 0 Å². The van der Waals surface area contributed by atoms with E-state index in [-0.39, 0.29) is 0 Å². The van der Waals surface area contributed by atoms with E-state index >= 15 is 0 Å². The van der Waals surface area contributed by atoms with Gasteiger partial charge in [-0.3, -0.25) is 0 Å². The molecule has 1 saturated heterocycles. The Hall–Kier alpha value is -0.110. The van der Waals surface area contributed by atoms with E-state index in [1.807, 2.05) is 0 Å². The van der Waals surface area contributed by atoms with Crippen LogP contribution in [0, 0.1) is 5.92 Å². The summed E-state index contributed by atoms with van der Waals surface area (Å²) in [5.74, 6) is 0.781. The van der Waals surface area contributed by atoms with Gasteiger partial charge in [-0.15, -0.1) is 0 Å². The summed E-state index contributed by atoms with van der Waals surface area (Å²) in [7, 11) is 0. The number of halogens is 1. The van der Waals surface area contributed by atoms with E-state index in [1.54, 1.807) is 0 Å². The summed E-state index contributed by atoms with van der Waals surface area (Å²) < 4.78 is 13.0. The zero-order valence-corrected chi connectivity index (χ0v) is 7.56. The average molecular weight is 171 g/mol. The van der Waals surface area contributed by atoms with Crippen LogP contribution in [0.1, 0.15) is 38.5 Å². The van der Waals surface area contributed by atoms with E-state index in [9.17, 15) is 4.39 Å². The predicted molar refractivity (Wildman–Crippen MR) is 47.9 cm³/mol. The molecule has 0 spiro atoms. The van der Waals surface area contributed by atoms with E-state index in [0.717, 1.165) is 25.3 Å². The molecule has 2 atom stereocenters. The van der Waals surface area contributed by atoms with Crippen molar-refractivity contribution in [1.82, 2.24) is 5.32 Å². The van der Waals surface area contributed by atoms with Gasteiger partial charge in [0.1, 0.15) is 6.17 Å². The molecule has 1 heterocycles. The zero-order chi connectivity index (χ0) is 8.39. The van der Waals surface area contributed by atoms with Gasteiger partial charge < -0.3 is 5.32 Å². The first-order valence-corrected chi connectivity index (χ1v) is 5.24. The average Bonchev–Trinajstić information content (AvgIpc) is 2.56. The molecule has 12 heavy (non-hydrogen) atoms. The molecule has 0 aromatic rings. The molecule has 1 N–H and O–H groups in total. The second kappa shape index (κ2) is 3.73. The number of hydrogen-bond acceptors (Lipinski definition) is 1. The lowest BCUT2D eigenvalue weighted by Gasteiger charge is -2.30. The van der Waals surface area contributed by atoms with Crippen LogP contribution < -0.4 is 5.32 Å². The maximum Gasteiger partial charge on any atom is 0.103 e. The van der Waals surface area contributed by atoms with Gasteiger partial charge in [0, 0.05) is 6.04 Å². The third-order valence-corrected chi connectivity index (χ3v) is 3.34. The van der Waals surface area contributed by atoms with Crippen LogP contribution >= 0.6 is 0 Å². The van der Waals surface area contributed by atoms with Gasteiger partial charge >= 0.3 is 0 Å². The van der Waals surface area contributed by atoms with Crippen molar-refractivity contribution in [2.75, 3.05) is 6.54 Å². The summed E-state index contributed by atoms with van der Waals surface area (Å²) in [4.78, 5) is 0. The normalized spacial score (nSPS) is 38.8. The number of hydrogen-bond donors (Lipinski definition) is 1. The van der Waals surface area contributed by atoms with Gasteiger partial charge in [0.25, 0.3) is 0 Å². The van der Waals surface area contributed by atoms with Crippen molar-refractivity contribution in [2.24, 2.45) is 5.92 Å². The SMILES string of the molecule is FC1CCNC(C2CCCC2)C1. The lowest BCUT2D eigenvalue weighted by molar-refractivity contribution is 0.187. The smallest absolute Gasteiger partial charge is 0.103 e. The summed E-state index contributed by atoms with van der Waals surface area (Å²) in [6, 6.07) is 0.497. The van der Waals surface area contributed by atoms with Gasteiger partial charge in [0.2, 0.25) is 0 Å². The molecular weight excluding hydrogens is 153 g/mol. The van der Waals surface area contributed by atoms with Gasteiger partial charge in [-0.1, -0.05) is 12.8 Å². The molecule has 2 heteroatoms. The predicted octanol–water partition coefficient (Wildman–Crippen LogP) is 2.27. The van der Waals surface area contributed by atoms with E-state index < -0.39 is 6.17 Å². The number of rotatable bonds is 1. The van der Waals surface area contributed by atoms with Gasteiger partial charge in [0.05, 0.1) is 0 Å². The molecule has 2 unspecified atom stereocenters. The molecule has 2 aliphatic rings. The quantitative estimate of drug-likeness (QED) is 0.638. The Labute approximate surface area is 73.7 Å². The zero-order valence-electron chi connectivity index (χ0n) is 7.56. The minimum Gasteiger partial charge on any atom is -0.313 e. The van der Waals surface area contributed by atoms with Crippen LogP contribution in [0.3, 0.4) is 0 Å². The van der Waals surface area contributed by atoms with Crippen molar-refractivity contribution < 1.29 is 4.39 Å². The largest absolute Gasteiger partial charge is 0.313 e. The molecule has 1 aliphatic heterocycles. The van der Waals surface area contributed by atoms with Crippen LogP contribution in [0.4, 0.5) is 4.39 Å². The van der Waals surface area contributed by atoms with Crippen molar-refractivity contribution >= 4 is 0 Å². The molecule has 1 nitrogen and oxygen atoms in total. The Morgan fingerprint density at radius 2 is 1.83 bits per heavy atom. The molecule has 2 rings (SSSR count). The highest BCUT2D eigenvalue weighted by Gasteiger charge is 2.29. The number of nitrogens with one attached hydrogen (secondary N) is 1. The molecule has 0 bridgehead atoms. The molecule has 1 saturated carbocycles. The molecule has 1 aliphatic carbocycles. The Bertz CT molecular complexity index is 143. The second-order valence-corrected chi connectivity index (χ2v) is 4.23. The Balaban J connectivity index is 1.85. The Kier molecular flexibility index (Phi) is 2.64. The standard InChI is InChI=1S/C10H18FN/c11-9-5-6-12-10(7-9)8-3-1-2-4-8/h8-10,12H,1-7H2. The lowest BCUT2D eigenvalue weighted by atomic mass is 9.90. The Morgan fingerprint density at radius 1 is 1.08 bits per heavy atom. The number of alkyl halides is 1. The molecular formula is C10H18FN. The van der Waals surface area contributed by atoms with E-state index in [1.165, 1.54) is 25.7 Å². The Morgan fingerprint density at radius 3 is 2.50 bits per heavy atom. The first-order chi connectivity index (χ1) is 5.86. The first-order valence-electron chi connectivity index (χ1n) is 5.24. The van der Waals surface area contributed by atoms with Crippen LogP contribution in [0.15, 0.2) is 0 Å². The van der Waals surface area contributed by atoms with E-state index in [0.29, 0.717) is 6.04 Å². The first kappa shape index (κ1) is 8.49. The molecule has 0 aromatic heterocycles. The second-order valence-electron chi connectivity index (χ2n) is 4.23. The summed E-state index contributed by atoms with van der Waals surface area (Å²) in [5.41, 5.74) is 0. The third-order valence-electron chi connectivity index (χ3n) is 3.34. The molecule has 0 amide bonds. The molecule has 2 fully saturated rings. The van der Waals surface area contributed by atoms with E-state index in [2.05, 4.69) is 5.32 Å². The van der Waals surface area contributed by atoms with Gasteiger partial charge in [-0.25, -0.2) is 4.39 Å². The van der Waals surface area contributed by atoms with Crippen molar-refractivity contribution in [2.45, 2.75) is 50.7 Å². The summed E-state index contributed by atoms with van der Waals surface area (Å²) >= 11 is 0. The maximum atomic E-state index is 13.0. The minimum atomic E-state index is -0.531. The third kappa shape index (κ3) is 1.79. The summed E-state index contributed by atoms with van der Waals surface area (Å²) in [6.45, 7) is 0.891. The lowest BCUT2D eigenvalue weighted by Crippen LogP contribution is -2.43. The fourth-order valence-corrected chi connectivity index (χ4v) is 2.62. The number of piperidine rings is 1. The fraction of sp³-hybridized carbons (Fsp3) is 1.00. The fourth-order valence-electron chi connectivity index (χ4n) is 2.62. The van der Waals surface area contributed by atoms with Gasteiger partial charge in [-0.2, -0.15) is 0 Å². The van der Waals surface area contributed by atoms with E-state index in [4.69, 9.17) is 0 Å². The van der Waals surface area contributed by atoms with Crippen molar-refractivity contribution in [1.29, 1.82) is 0 Å². The van der Waals surface area contributed by atoms with Crippen LogP contribution in [0.5, 0.6) is 0 Å². The van der Waals surface area contributed by atoms with Crippen LogP contribution in [0.2, 0.25) is 0 Å². The van der Waals surface area contributed by atoms with Crippen LogP contribution in [-0.4, -0.2) is 18.8 Å². The van der Waals surface area contributed by atoms with Crippen LogP contribution in [0.25, 0.3) is 0 Å². The summed E-state index contributed by atoms with van der Waals surface area (Å²) in [6.07, 6.45) is 6.33. The highest BCUT2D eigenvalue weighted by atomic mass is 19.1. The van der Waals surface area contributed by atoms with Crippen molar-refractivity contribution in [3.05, 3.63) is 0 Å². The topological polar surface area (TPSA) is 12.0 Å². The van der Waals surface area contributed by atoms with Crippen LogP contribution in [-0.2, 0) is 0 Å². The highest BCUT2D eigenvalue weighted by Crippen LogP contribution is 2.31. The van der Waals surface area contributed by atoms with Crippen molar-refractivity contribution in [3.8, 4) is 0 Å². The summed E-state index contributed by atoms with van der Waals surface area (Å²) in [5, 5.41) is 3.45. The van der Waals surface area contributed by atoms with Gasteiger partial charge in [-0.05, 0) is 38.1 Å². The highest BCUT2D eigenvalue weighted by molar-refractivity contribution is 4.86. The van der Waals surface area contributed by atoms with Gasteiger partial charge in [0.15, 0.2) is 0 Å².